The monoisotopic (exact) mass is 624 g/mol. The molecule has 0 spiro atoms. The number of halogens is 3. The average molecular weight is 625 g/mol. The number of nitrogens with one attached hydrogen (secondary N) is 2. The fraction of sp³-hybridized carbons (Fsp3) is 0.394. The molecule has 2 N–H and O–H groups in total. The lowest BCUT2D eigenvalue weighted by molar-refractivity contribution is -0.138. The Morgan fingerprint density at radius 1 is 1.02 bits per heavy atom. The van der Waals surface area contributed by atoms with Crippen LogP contribution < -0.4 is 10.6 Å². The number of aromatic nitrogens is 2. The van der Waals surface area contributed by atoms with Crippen molar-refractivity contribution in [2.75, 3.05) is 43.4 Å². The lowest BCUT2D eigenvalue weighted by atomic mass is 10.0. The summed E-state index contributed by atoms with van der Waals surface area (Å²) in [5.41, 5.74) is 2.50. The molecule has 2 aromatic heterocycles. The molecule has 0 radical (unpaired) electrons. The molecule has 1 amide bonds. The maximum absolute atomic E-state index is 14.1. The van der Waals surface area contributed by atoms with Crippen molar-refractivity contribution in [1.82, 2.24) is 19.4 Å². The van der Waals surface area contributed by atoms with Crippen LogP contribution >= 0.6 is 11.8 Å². The van der Waals surface area contributed by atoms with Crippen LogP contribution in [0.4, 0.5) is 24.5 Å². The molecule has 3 heterocycles. The fourth-order valence-electron chi connectivity index (χ4n) is 5.44. The van der Waals surface area contributed by atoms with Gasteiger partial charge in [0.1, 0.15) is 5.65 Å². The first-order chi connectivity index (χ1) is 21.0. The van der Waals surface area contributed by atoms with Gasteiger partial charge in [-0.3, -0.25) is 9.69 Å². The SMILES string of the molecule is CCN1CCN(Cc2ccc(C(=O)Nc3ccc(C)c(NCn4ccc5c(SC(C)C)ccnc54)c3)cc2C(F)(F)F)CC1. The summed E-state index contributed by atoms with van der Waals surface area (Å²) in [5, 5.41) is 7.74. The van der Waals surface area contributed by atoms with Gasteiger partial charge in [0.15, 0.2) is 0 Å². The van der Waals surface area contributed by atoms with Gasteiger partial charge in [-0.15, -0.1) is 11.8 Å². The molecule has 4 aromatic rings. The topological polar surface area (TPSA) is 65.4 Å². The van der Waals surface area contributed by atoms with Gasteiger partial charge in [0.2, 0.25) is 0 Å². The minimum absolute atomic E-state index is 0.0353. The van der Waals surface area contributed by atoms with Gasteiger partial charge in [0, 0.05) is 77.6 Å². The molecule has 1 saturated heterocycles. The molecule has 234 valence electrons. The van der Waals surface area contributed by atoms with Crippen LogP contribution in [0.2, 0.25) is 0 Å². The molecule has 0 unspecified atom stereocenters. The highest BCUT2D eigenvalue weighted by Crippen LogP contribution is 2.34. The van der Waals surface area contributed by atoms with Gasteiger partial charge in [-0.05, 0) is 61.0 Å². The van der Waals surface area contributed by atoms with Crippen molar-refractivity contribution in [3.8, 4) is 0 Å². The van der Waals surface area contributed by atoms with E-state index in [2.05, 4.69) is 47.4 Å². The molecule has 0 aliphatic carbocycles. The van der Waals surface area contributed by atoms with E-state index in [4.69, 9.17) is 0 Å². The zero-order valence-corrected chi connectivity index (χ0v) is 26.4. The third-order valence-corrected chi connectivity index (χ3v) is 8.99. The Hall–Kier alpha value is -3.54. The van der Waals surface area contributed by atoms with E-state index in [9.17, 15) is 18.0 Å². The zero-order chi connectivity index (χ0) is 31.4. The maximum atomic E-state index is 14.1. The number of alkyl halides is 3. The predicted molar refractivity (Wildman–Crippen MR) is 172 cm³/mol. The van der Waals surface area contributed by atoms with E-state index in [1.165, 1.54) is 17.0 Å². The number of carbonyl (C=O) groups is 1. The van der Waals surface area contributed by atoms with E-state index in [1.54, 1.807) is 23.9 Å². The van der Waals surface area contributed by atoms with Crippen LogP contribution in [0.3, 0.4) is 0 Å². The number of hydrogen-bond donors (Lipinski definition) is 2. The van der Waals surface area contributed by atoms with Crippen molar-refractivity contribution in [2.45, 2.75) is 57.2 Å². The van der Waals surface area contributed by atoms with Gasteiger partial charge in [0.05, 0.1) is 12.2 Å². The van der Waals surface area contributed by atoms with E-state index < -0.39 is 17.6 Å². The van der Waals surface area contributed by atoms with Gasteiger partial charge < -0.3 is 20.1 Å². The number of hydrogen-bond acceptors (Lipinski definition) is 6. The number of rotatable bonds is 10. The number of benzene rings is 2. The number of nitrogens with zero attached hydrogens (tertiary/aromatic N) is 4. The van der Waals surface area contributed by atoms with Crippen LogP contribution in [0.5, 0.6) is 0 Å². The highest BCUT2D eigenvalue weighted by molar-refractivity contribution is 8.00. The average Bonchev–Trinajstić information content (AvgIpc) is 3.41. The molecule has 5 rings (SSSR count). The minimum Gasteiger partial charge on any atom is -0.367 e. The number of likely N-dealkylation sites (N-methyl/N-ethyl adjacent to an activating group) is 1. The molecule has 44 heavy (non-hydrogen) atoms. The molecule has 2 aromatic carbocycles. The zero-order valence-electron chi connectivity index (χ0n) is 25.5. The Balaban J connectivity index is 1.28. The second kappa shape index (κ2) is 13.6. The molecule has 1 aliphatic heterocycles. The summed E-state index contributed by atoms with van der Waals surface area (Å²) < 4.78 is 44.3. The van der Waals surface area contributed by atoms with Crippen molar-refractivity contribution in [1.29, 1.82) is 0 Å². The second-order valence-corrected chi connectivity index (χ2v) is 13.0. The normalized spacial score (nSPS) is 14.8. The number of thioether (sulfide) groups is 1. The van der Waals surface area contributed by atoms with E-state index in [0.29, 0.717) is 30.7 Å². The highest BCUT2D eigenvalue weighted by atomic mass is 32.2. The smallest absolute Gasteiger partial charge is 0.367 e. The summed E-state index contributed by atoms with van der Waals surface area (Å²) >= 11 is 1.80. The summed E-state index contributed by atoms with van der Waals surface area (Å²) in [6, 6.07) is 13.4. The number of anilines is 2. The second-order valence-electron chi connectivity index (χ2n) is 11.4. The summed E-state index contributed by atoms with van der Waals surface area (Å²) in [7, 11) is 0. The van der Waals surface area contributed by atoms with Crippen LogP contribution in [-0.4, -0.2) is 63.2 Å². The molecule has 0 saturated carbocycles. The Bertz CT molecular complexity index is 1610. The number of aryl methyl sites for hydroxylation is 1. The summed E-state index contributed by atoms with van der Waals surface area (Å²) in [5.74, 6) is -0.593. The molecule has 1 fully saturated rings. The van der Waals surface area contributed by atoms with Crippen LogP contribution in [0.15, 0.2) is 65.8 Å². The lowest BCUT2D eigenvalue weighted by Crippen LogP contribution is -2.45. The first-order valence-electron chi connectivity index (χ1n) is 14.9. The number of fused-ring (bicyclic) bond motifs is 1. The highest BCUT2D eigenvalue weighted by Gasteiger charge is 2.34. The van der Waals surface area contributed by atoms with Crippen molar-refractivity contribution in [2.24, 2.45) is 0 Å². The Morgan fingerprint density at radius 2 is 1.77 bits per heavy atom. The number of piperazine rings is 1. The van der Waals surface area contributed by atoms with Gasteiger partial charge >= 0.3 is 6.18 Å². The van der Waals surface area contributed by atoms with Crippen molar-refractivity contribution in [3.05, 3.63) is 83.2 Å². The third kappa shape index (κ3) is 7.57. The minimum atomic E-state index is -4.57. The standard InChI is InChI=1S/C33H39F3N6OS/c1-5-40-14-16-41(17-15-40)20-25-8-7-24(18-28(25)33(34,35)36)32(43)39-26-9-6-23(4)29(19-26)38-21-42-13-11-27-30(44-22(2)3)10-12-37-31(27)42/h6-13,18-19,22,38H,5,14-17,20-21H2,1-4H3,(H,39,43). The van der Waals surface area contributed by atoms with E-state index in [0.717, 1.165) is 48.0 Å². The quantitative estimate of drug-likeness (QED) is 0.180. The van der Waals surface area contributed by atoms with Gasteiger partial charge in [-0.25, -0.2) is 4.98 Å². The lowest BCUT2D eigenvalue weighted by Gasteiger charge is -2.34. The Labute approximate surface area is 260 Å². The molecule has 7 nitrogen and oxygen atoms in total. The predicted octanol–water partition coefficient (Wildman–Crippen LogP) is 7.32. The molecule has 0 bridgehead atoms. The van der Waals surface area contributed by atoms with Crippen molar-refractivity contribution >= 4 is 40.1 Å². The Kier molecular flexibility index (Phi) is 9.87. The van der Waals surface area contributed by atoms with Gasteiger partial charge in [0.25, 0.3) is 5.91 Å². The van der Waals surface area contributed by atoms with Gasteiger partial charge in [-0.2, -0.15) is 13.2 Å². The first kappa shape index (κ1) is 31.9. The van der Waals surface area contributed by atoms with Crippen LogP contribution in [-0.2, 0) is 19.4 Å². The van der Waals surface area contributed by atoms with Gasteiger partial charge in [-0.1, -0.05) is 32.9 Å². The Morgan fingerprint density at radius 3 is 2.48 bits per heavy atom. The van der Waals surface area contributed by atoms with Crippen molar-refractivity contribution < 1.29 is 18.0 Å². The summed E-state index contributed by atoms with van der Waals surface area (Å²) in [6.45, 7) is 13.0. The molecule has 0 atom stereocenters. The van der Waals surface area contributed by atoms with Crippen LogP contribution in [0.25, 0.3) is 11.0 Å². The maximum Gasteiger partial charge on any atom is 0.416 e. The number of pyridine rings is 1. The van der Waals surface area contributed by atoms with E-state index in [-0.39, 0.29) is 17.7 Å². The van der Waals surface area contributed by atoms with Crippen LogP contribution in [0.1, 0.15) is 47.8 Å². The van der Waals surface area contributed by atoms with Crippen LogP contribution in [0, 0.1) is 6.92 Å². The number of carbonyl (C=O) groups excluding carboxylic acids is 1. The largest absolute Gasteiger partial charge is 0.416 e. The third-order valence-electron chi connectivity index (χ3n) is 7.90. The summed E-state index contributed by atoms with van der Waals surface area (Å²) in [6.07, 6.45) is -0.762. The first-order valence-corrected chi connectivity index (χ1v) is 15.8. The fourth-order valence-corrected chi connectivity index (χ4v) is 6.37. The van der Waals surface area contributed by atoms with E-state index in [1.807, 2.05) is 40.9 Å². The molecule has 11 heteroatoms. The number of amides is 1. The summed E-state index contributed by atoms with van der Waals surface area (Å²) in [4.78, 5) is 23.2. The van der Waals surface area contributed by atoms with Crippen molar-refractivity contribution in [3.63, 3.8) is 0 Å². The molecular weight excluding hydrogens is 585 g/mol. The van der Waals surface area contributed by atoms with E-state index >= 15 is 0 Å². The molecular formula is C33H39F3N6OS. The molecule has 1 aliphatic rings.